The number of nitrogens with zero attached hydrogens (tertiary/aromatic N) is 2. The fourth-order valence-corrected chi connectivity index (χ4v) is 2.67. The fourth-order valence-electron chi connectivity index (χ4n) is 2.67. The molecule has 0 aromatic rings. The number of aliphatic hydroxyl groups excluding tert-OH is 1. The van der Waals surface area contributed by atoms with Crippen LogP contribution in [0.15, 0.2) is 4.99 Å². The van der Waals surface area contributed by atoms with Gasteiger partial charge in [0.15, 0.2) is 5.96 Å². The Balaban J connectivity index is 2.36. The van der Waals surface area contributed by atoms with Crippen molar-refractivity contribution in [3.8, 4) is 0 Å². The van der Waals surface area contributed by atoms with Gasteiger partial charge in [-0.3, -0.25) is 4.99 Å². The van der Waals surface area contributed by atoms with E-state index in [1.807, 2.05) is 0 Å². The van der Waals surface area contributed by atoms with Gasteiger partial charge in [-0.1, -0.05) is 13.8 Å². The van der Waals surface area contributed by atoms with Gasteiger partial charge in [0.05, 0.1) is 19.3 Å². The van der Waals surface area contributed by atoms with Crippen molar-refractivity contribution in [1.29, 1.82) is 0 Å². The van der Waals surface area contributed by atoms with Gasteiger partial charge < -0.3 is 24.8 Å². The lowest BCUT2D eigenvalue weighted by molar-refractivity contribution is 0.0300. The normalized spacial score (nSPS) is 18.0. The van der Waals surface area contributed by atoms with Crippen LogP contribution >= 0.6 is 0 Å². The van der Waals surface area contributed by atoms with Gasteiger partial charge in [-0.25, -0.2) is 0 Å². The maximum atomic E-state index is 10.0. The zero-order valence-electron chi connectivity index (χ0n) is 16.0. The summed E-state index contributed by atoms with van der Waals surface area (Å²) in [6.45, 7) is 11.2. The minimum atomic E-state index is -0.554. The molecular formula is C18H37N3O3. The van der Waals surface area contributed by atoms with E-state index in [1.54, 1.807) is 0 Å². The molecule has 0 saturated carbocycles. The Kier molecular flexibility index (Phi) is 11.0. The highest BCUT2D eigenvalue weighted by molar-refractivity contribution is 5.79. The molecule has 142 valence electrons. The third-order valence-corrected chi connectivity index (χ3v) is 4.12. The van der Waals surface area contributed by atoms with Crippen LogP contribution in [-0.2, 0) is 9.47 Å². The van der Waals surface area contributed by atoms with Crippen LogP contribution in [0.1, 0.15) is 40.0 Å². The molecule has 1 heterocycles. The zero-order chi connectivity index (χ0) is 17.8. The molecule has 1 fully saturated rings. The Morgan fingerprint density at radius 3 is 2.67 bits per heavy atom. The van der Waals surface area contributed by atoms with Crippen molar-refractivity contribution in [3.05, 3.63) is 0 Å². The summed E-state index contributed by atoms with van der Waals surface area (Å²) in [5.74, 6) is 2.08. The number of nitrogens with one attached hydrogen (secondary N) is 1. The van der Waals surface area contributed by atoms with Crippen molar-refractivity contribution in [2.75, 3.05) is 53.1 Å². The second-order valence-corrected chi connectivity index (χ2v) is 7.05. The molecule has 1 saturated heterocycles. The summed E-state index contributed by atoms with van der Waals surface area (Å²) >= 11 is 0. The number of aliphatic imine (C=N–C) groups is 1. The van der Waals surface area contributed by atoms with Crippen LogP contribution in [0.3, 0.4) is 0 Å². The van der Waals surface area contributed by atoms with Gasteiger partial charge in [-0.15, -0.1) is 0 Å². The van der Waals surface area contributed by atoms with E-state index in [1.165, 1.54) is 0 Å². The lowest BCUT2D eigenvalue weighted by Crippen LogP contribution is -2.40. The molecule has 0 bridgehead atoms. The standard InChI is InChI=1S/C18H37N3O3/c1-5-19-18(20-12-17(22)14-24-13-15(2)3)21(4)9-6-16-7-10-23-11-8-16/h15-17,22H,5-14H2,1-4H3,(H,19,20). The van der Waals surface area contributed by atoms with Crippen LogP contribution < -0.4 is 5.32 Å². The van der Waals surface area contributed by atoms with E-state index in [-0.39, 0.29) is 0 Å². The number of guanidine groups is 1. The van der Waals surface area contributed by atoms with Gasteiger partial charge in [0.25, 0.3) is 0 Å². The Hall–Kier alpha value is -0.850. The van der Waals surface area contributed by atoms with E-state index in [9.17, 15) is 5.11 Å². The zero-order valence-corrected chi connectivity index (χ0v) is 16.0. The Labute approximate surface area is 147 Å². The molecule has 0 amide bonds. The smallest absolute Gasteiger partial charge is 0.193 e. The molecule has 0 aromatic heterocycles. The molecule has 1 unspecified atom stereocenters. The first-order valence-electron chi connectivity index (χ1n) is 9.35. The molecule has 2 N–H and O–H groups in total. The SMILES string of the molecule is CCNC(=NCC(O)COCC(C)C)N(C)CCC1CCOCC1. The molecule has 0 aliphatic carbocycles. The number of hydrogen-bond donors (Lipinski definition) is 2. The summed E-state index contributed by atoms with van der Waals surface area (Å²) in [6.07, 6.45) is 2.92. The van der Waals surface area contributed by atoms with Crippen molar-refractivity contribution in [2.45, 2.75) is 46.1 Å². The number of aliphatic hydroxyl groups is 1. The van der Waals surface area contributed by atoms with E-state index in [0.717, 1.165) is 57.4 Å². The highest BCUT2D eigenvalue weighted by Gasteiger charge is 2.15. The summed E-state index contributed by atoms with van der Waals surface area (Å²) in [4.78, 5) is 6.71. The summed E-state index contributed by atoms with van der Waals surface area (Å²) in [7, 11) is 2.06. The molecular weight excluding hydrogens is 306 g/mol. The first-order valence-corrected chi connectivity index (χ1v) is 9.35. The predicted octanol–water partition coefficient (Wildman–Crippen LogP) is 1.73. The quantitative estimate of drug-likeness (QED) is 0.467. The lowest BCUT2D eigenvalue weighted by atomic mass is 9.96. The van der Waals surface area contributed by atoms with Crippen LogP contribution in [0.5, 0.6) is 0 Å². The average molecular weight is 344 g/mol. The Bertz CT molecular complexity index is 344. The first-order chi connectivity index (χ1) is 11.5. The lowest BCUT2D eigenvalue weighted by Gasteiger charge is -2.27. The van der Waals surface area contributed by atoms with Crippen molar-refractivity contribution < 1.29 is 14.6 Å². The van der Waals surface area contributed by atoms with Crippen molar-refractivity contribution >= 4 is 5.96 Å². The van der Waals surface area contributed by atoms with Crippen LogP contribution in [0.2, 0.25) is 0 Å². The molecule has 1 aliphatic heterocycles. The summed E-state index contributed by atoms with van der Waals surface area (Å²) < 4.78 is 10.9. The third kappa shape index (κ3) is 9.45. The van der Waals surface area contributed by atoms with Gasteiger partial charge in [0.2, 0.25) is 0 Å². The van der Waals surface area contributed by atoms with Crippen LogP contribution in [0.25, 0.3) is 0 Å². The molecule has 0 aromatic carbocycles. The molecule has 0 radical (unpaired) electrons. The van der Waals surface area contributed by atoms with Gasteiger partial charge in [0.1, 0.15) is 0 Å². The van der Waals surface area contributed by atoms with E-state index in [4.69, 9.17) is 9.47 Å². The molecule has 1 atom stereocenters. The maximum absolute atomic E-state index is 10.0. The van der Waals surface area contributed by atoms with Crippen molar-refractivity contribution in [3.63, 3.8) is 0 Å². The van der Waals surface area contributed by atoms with Crippen LogP contribution in [0.4, 0.5) is 0 Å². The van der Waals surface area contributed by atoms with E-state index < -0.39 is 6.10 Å². The fraction of sp³-hybridized carbons (Fsp3) is 0.944. The number of hydrogen-bond acceptors (Lipinski definition) is 4. The molecule has 1 rings (SSSR count). The monoisotopic (exact) mass is 343 g/mol. The summed E-state index contributed by atoms with van der Waals surface area (Å²) in [6, 6.07) is 0. The minimum absolute atomic E-state index is 0.340. The highest BCUT2D eigenvalue weighted by atomic mass is 16.5. The second-order valence-electron chi connectivity index (χ2n) is 7.05. The number of ether oxygens (including phenoxy) is 2. The summed E-state index contributed by atoms with van der Waals surface area (Å²) in [5, 5.41) is 13.3. The predicted molar refractivity (Wildman–Crippen MR) is 98.4 cm³/mol. The van der Waals surface area contributed by atoms with Gasteiger partial charge in [-0.05, 0) is 38.0 Å². The Morgan fingerprint density at radius 2 is 2.04 bits per heavy atom. The molecule has 0 spiro atoms. The topological polar surface area (TPSA) is 66.3 Å². The minimum Gasteiger partial charge on any atom is -0.389 e. The average Bonchev–Trinajstić information content (AvgIpc) is 2.57. The van der Waals surface area contributed by atoms with Gasteiger partial charge in [0, 0.05) is 40.0 Å². The Morgan fingerprint density at radius 1 is 1.33 bits per heavy atom. The molecule has 6 heteroatoms. The van der Waals surface area contributed by atoms with Crippen molar-refractivity contribution in [1.82, 2.24) is 10.2 Å². The third-order valence-electron chi connectivity index (χ3n) is 4.12. The first kappa shape index (κ1) is 21.2. The largest absolute Gasteiger partial charge is 0.389 e. The van der Waals surface area contributed by atoms with Crippen LogP contribution in [0, 0.1) is 11.8 Å². The van der Waals surface area contributed by atoms with E-state index in [2.05, 4.69) is 43.0 Å². The molecule has 6 nitrogen and oxygen atoms in total. The van der Waals surface area contributed by atoms with E-state index in [0.29, 0.717) is 25.7 Å². The summed E-state index contributed by atoms with van der Waals surface area (Å²) in [5.41, 5.74) is 0. The maximum Gasteiger partial charge on any atom is 0.193 e. The van der Waals surface area contributed by atoms with Crippen molar-refractivity contribution in [2.24, 2.45) is 16.8 Å². The van der Waals surface area contributed by atoms with Crippen LogP contribution in [-0.4, -0.2) is 75.2 Å². The second kappa shape index (κ2) is 12.5. The van der Waals surface area contributed by atoms with Gasteiger partial charge >= 0.3 is 0 Å². The molecule has 1 aliphatic rings. The van der Waals surface area contributed by atoms with Gasteiger partial charge in [-0.2, -0.15) is 0 Å². The molecule has 24 heavy (non-hydrogen) atoms. The van der Waals surface area contributed by atoms with E-state index >= 15 is 0 Å². The number of rotatable bonds is 10. The highest BCUT2D eigenvalue weighted by Crippen LogP contribution is 2.18.